The molecular weight excluding hydrogens is 256 g/mol. The fourth-order valence-corrected chi connectivity index (χ4v) is 3.19. The molecule has 0 aliphatic rings. The summed E-state index contributed by atoms with van der Waals surface area (Å²) in [6, 6.07) is 0.221. The molecule has 1 amide bonds. The number of nitrogens with zero attached hydrogens (tertiary/aromatic N) is 2. The van der Waals surface area contributed by atoms with Gasteiger partial charge < -0.3 is 11.1 Å². The number of hydrogen-bond acceptors (Lipinski definition) is 6. The van der Waals surface area contributed by atoms with Gasteiger partial charge in [0.05, 0.1) is 5.54 Å². The highest BCUT2D eigenvalue weighted by atomic mass is 32.2. The molecule has 96 valence electrons. The number of nitrogens with one attached hydrogen (secondary N) is 1. The Kier molecular flexibility index (Phi) is 5.35. The van der Waals surface area contributed by atoms with Gasteiger partial charge in [0.25, 0.3) is 0 Å². The highest BCUT2D eigenvalue weighted by Gasteiger charge is 2.30. The largest absolute Gasteiger partial charge is 0.368 e. The van der Waals surface area contributed by atoms with E-state index in [1.807, 2.05) is 20.8 Å². The number of amides is 1. The van der Waals surface area contributed by atoms with Crippen LogP contribution in [0.1, 0.15) is 27.2 Å². The Hall–Kier alpha value is -0.660. The Morgan fingerprint density at radius 3 is 2.88 bits per heavy atom. The van der Waals surface area contributed by atoms with Crippen molar-refractivity contribution in [3.05, 3.63) is 5.51 Å². The molecule has 0 radical (unpaired) electrons. The van der Waals surface area contributed by atoms with Crippen LogP contribution in [-0.4, -0.2) is 33.4 Å². The van der Waals surface area contributed by atoms with Crippen LogP contribution in [0, 0.1) is 0 Å². The predicted octanol–water partition coefficient (Wildman–Crippen LogP) is 1.26. The van der Waals surface area contributed by atoms with Crippen molar-refractivity contribution >= 4 is 29.0 Å². The van der Waals surface area contributed by atoms with E-state index in [2.05, 4.69) is 15.5 Å². The number of carbonyl (C=O) groups excluding carboxylic acids is 1. The molecule has 0 fully saturated rings. The van der Waals surface area contributed by atoms with Crippen molar-refractivity contribution in [2.75, 3.05) is 5.75 Å². The van der Waals surface area contributed by atoms with Gasteiger partial charge in [-0.05, 0) is 27.2 Å². The number of primary amides is 1. The number of nitrogens with two attached hydrogens (primary N) is 1. The lowest BCUT2D eigenvalue weighted by Crippen LogP contribution is -2.55. The Morgan fingerprint density at radius 1 is 1.71 bits per heavy atom. The van der Waals surface area contributed by atoms with Crippen LogP contribution in [0.15, 0.2) is 9.85 Å². The molecule has 1 rings (SSSR count). The van der Waals surface area contributed by atoms with Gasteiger partial charge in [-0.2, -0.15) is 0 Å². The van der Waals surface area contributed by atoms with E-state index >= 15 is 0 Å². The SMILES string of the molecule is CC(C)NC(C)(CCSc1nncs1)C(N)=O. The smallest absolute Gasteiger partial charge is 0.237 e. The van der Waals surface area contributed by atoms with Crippen LogP contribution in [0.3, 0.4) is 0 Å². The Bertz CT molecular complexity index is 355. The summed E-state index contributed by atoms with van der Waals surface area (Å²) < 4.78 is 0.918. The van der Waals surface area contributed by atoms with Gasteiger partial charge in [0.2, 0.25) is 5.91 Å². The lowest BCUT2D eigenvalue weighted by molar-refractivity contribution is -0.124. The average Bonchev–Trinajstić information content (AvgIpc) is 2.69. The molecule has 0 saturated heterocycles. The predicted molar refractivity (Wildman–Crippen MR) is 71.1 cm³/mol. The standard InChI is InChI=1S/C10H18N4OS2/c1-7(2)13-10(3,8(11)15)4-5-16-9-14-12-6-17-9/h6-7,13H,4-5H2,1-3H3,(H2,11,15). The molecule has 0 aliphatic carbocycles. The summed E-state index contributed by atoms with van der Waals surface area (Å²) >= 11 is 3.10. The Labute approximate surface area is 110 Å². The molecule has 0 bridgehead atoms. The molecule has 1 aromatic heterocycles. The third kappa shape index (κ3) is 4.61. The first-order valence-corrected chi connectivity index (χ1v) is 7.27. The highest BCUT2D eigenvalue weighted by molar-refractivity contribution is 8.00. The molecule has 0 spiro atoms. The maximum atomic E-state index is 11.5. The second-order valence-corrected chi connectivity index (χ2v) is 6.47. The third-order valence-electron chi connectivity index (χ3n) is 2.32. The van der Waals surface area contributed by atoms with Crippen molar-refractivity contribution in [3.8, 4) is 0 Å². The normalized spacial score (nSPS) is 14.8. The fraction of sp³-hybridized carbons (Fsp3) is 0.700. The van der Waals surface area contributed by atoms with Gasteiger partial charge >= 0.3 is 0 Å². The summed E-state index contributed by atoms with van der Waals surface area (Å²) in [4.78, 5) is 11.5. The van der Waals surface area contributed by atoms with Gasteiger partial charge in [0.15, 0.2) is 4.34 Å². The molecule has 0 aromatic carbocycles. The molecule has 0 aliphatic heterocycles. The first-order chi connectivity index (χ1) is 7.94. The third-order valence-corrected chi connectivity index (χ3v) is 4.18. The second kappa shape index (κ2) is 6.32. The van der Waals surface area contributed by atoms with Crippen LogP contribution in [0.2, 0.25) is 0 Å². The average molecular weight is 274 g/mol. The van der Waals surface area contributed by atoms with Crippen molar-refractivity contribution in [1.29, 1.82) is 0 Å². The monoisotopic (exact) mass is 274 g/mol. The van der Waals surface area contributed by atoms with Crippen molar-refractivity contribution in [3.63, 3.8) is 0 Å². The van der Waals surface area contributed by atoms with E-state index in [-0.39, 0.29) is 11.9 Å². The van der Waals surface area contributed by atoms with Crippen LogP contribution in [0.5, 0.6) is 0 Å². The summed E-state index contributed by atoms with van der Waals surface area (Å²) in [5.41, 5.74) is 6.48. The van der Waals surface area contributed by atoms with E-state index in [0.717, 1.165) is 10.1 Å². The first-order valence-electron chi connectivity index (χ1n) is 5.40. The number of hydrogen-bond donors (Lipinski definition) is 2. The maximum absolute atomic E-state index is 11.5. The molecule has 5 nitrogen and oxygen atoms in total. The topological polar surface area (TPSA) is 80.9 Å². The molecular formula is C10H18N4OS2. The summed E-state index contributed by atoms with van der Waals surface area (Å²) in [6.07, 6.45) is 0.671. The quantitative estimate of drug-likeness (QED) is 0.732. The second-order valence-electron chi connectivity index (χ2n) is 4.30. The van der Waals surface area contributed by atoms with Crippen LogP contribution < -0.4 is 11.1 Å². The Morgan fingerprint density at radius 2 is 2.41 bits per heavy atom. The van der Waals surface area contributed by atoms with Gasteiger partial charge in [-0.3, -0.25) is 4.79 Å². The van der Waals surface area contributed by atoms with E-state index < -0.39 is 5.54 Å². The maximum Gasteiger partial charge on any atom is 0.237 e. The van der Waals surface area contributed by atoms with Crippen LogP contribution in [-0.2, 0) is 4.79 Å². The fourth-order valence-electron chi connectivity index (χ4n) is 1.47. The lowest BCUT2D eigenvalue weighted by atomic mass is 9.97. The minimum Gasteiger partial charge on any atom is -0.368 e. The van der Waals surface area contributed by atoms with Crippen molar-refractivity contribution in [1.82, 2.24) is 15.5 Å². The van der Waals surface area contributed by atoms with Gasteiger partial charge in [0.1, 0.15) is 5.51 Å². The van der Waals surface area contributed by atoms with Gasteiger partial charge in [-0.25, -0.2) is 0 Å². The van der Waals surface area contributed by atoms with E-state index in [9.17, 15) is 4.79 Å². The van der Waals surface area contributed by atoms with Gasteiger partial charge in [0, 0.05) is 11.8 Å². The first kappa shape index (κ1) is 14.4. The molecule has 0 saturated carbocycles. The molecule has 1 aromatic rings. The van der Waals surface area contributed by atoms with Crippen molar-refractivity contribution in [2.24, 2.45) is 5.73 Å². The Balaban J connectivity index is 2.47. The zero-order valence-corrected chi connectivity index (χ0v) is 11.9. The molecule has 1 unspecified atom stereocenters. The summed E-state index contributed by atoms with van der Waals surface area (Å²) in [5.74, 6) is 0.470. The molecule has 1 atom stereocenters. The zero-order chi connectivity index (χ0) is 12.9. The van der Waals surface area contributed by atoms with Crippen molar-refractivity contribution in [2.45, 2.75) is 43.1 Å². The number of thioether (sulfide) groups is 1. The molecule has 7 heteroatoms. The van der Waals surface area contributed by atoms with E-state index in [1.54, 1.807) is 17.3 Å². The highest BCUT2D eigenvalue weighted by Crippen LogP contribution is 2.23. The molecule has 17 heavy (non-hydrogen) atoms. The van der Waals surface area contributed by atoms with Crippen LogP contribution in [0.4, 0.5) is 0 Å². The van der Waals surface area contributed by atoms with Gasteiger partial charge in [-0.15, -0.1) is 10.2 Å². The summed E-state index contributed by atoms with van der Waals surface area (Å²) in [5, 5.41) is 10.9. The van der Waals surface area contributed by atoms with E-state index in [1.165, 1.54) is 11.3 Å². The van der Waals surface area contributed by atoms with Crippen LogP contribution >= 0.6 is 23.1 Å². The van der Waals surface area contributed by atoms with Gasteiger partial charge in [-0.1, -0.05) is 23.1 Å². The van der Waals surface area contributed by atoms with Crippen LogP contribution in [0.25, 0.3) is 0 Å². The van der Waals surface area contributed by atoms with E-state index in [0.29, 0.717) is 6.42 Å². The lowest BCUT2D eigenvalue weighted by Gasteiger charge is -2.29. The number of rotatable bonds is 7. The number of aromatic nitrogens is 2. The number of carbonyl (C=O) groups is 1. The van der Waals surface area contributed by atoms with E-state index in [4.69, 9.17) is 5.73 Å². The summed E-state index contributed by atoms with van der Waals surface area (Å²) in [6.45, 7) is 5.84. The van der Waals surface area contributed by atoms with Crippen molar-refractivity contribution < 1.29 is 4.79 Å². The summed E-state index contributed by atoms with van der Waals surface area (Å²) in [7, 11) is 0. The minimum absolute atomic E-state index is 0.221. The molecule has 3 N–H and O–H groups in total. The zero-order valence-electron chi connectivity index (χ0n) is 10.3. The molecule has 1 heterocycles. The minimum atomic E-state index is -0.661.